The first-order chi connectivity index (χ1) is 16.7. The molecule has 1 aliphatic rings. The molecule has 0 fully saturated rings. The number of carboxylic acids is 1. The van der Waals surface area contributed by atoms with Crippen molar-refractivity contribution in [3.05, 3.63) is 89.5 Å². The summed E-state index contributed by atoms with van der Waals surface area (Å²) in [5, 5.41) is 12.2. The fourth-order valence-corrected chi connectivity index (χ4v) is 4.55. The molecular weight excluding hydrogens is 444 g/mol. The Morgan fingerprint density at radius 3 is 2.11 bits per heavy atom. The number of carboxylic acid groups (broad SMARTS) is 1. The molecule has 1 aliphatic carbocycles. The van der Waals surface area contributed by atoms with Gasteiger partial charge in [-0.05, 0) is 61.2 Å². The highest BCUT2D eigenvalue weighted by Crippen LogP contribution is 2.44. The molecule has 180 valence electrons. The minimum absolute atomic E-state index is 0.0579. The van der Waals surface area contributed by atoms with Crippen LogP contribution in [0.4, 0.5) is 10.5 Å². The van der Waals surface area contributed by atoms with Gasteiger partial charge >= 0.3 is 12.1 Å². The number of nitrogens with one attached hydrogen (secondary N) is 1. The van der Waals surface area contributed by atoms with Crippen molar-refractivity contribution in [2.45, 2.75) is 32.2 Å². The van der Waals surface area contributed by atoms with E-state index in [2.05, 4.69) is 29.6 Å². The van der Waals surface area contributed by atoms with Crippen LogP contribution in [0, 0.1) is 0 Å². The number of likely N-dealkylation sites (N-methyl/N-ethyl adjacent to an activating group) is 1. The molecule has 0 heterocycles. The fraction of sp³-hybridized carbons (Fsp3) is 0.250. The number of ether oxygens (including phenoxy) is 1. The Labute approximate surface area is 204 Å². The van der Waals surface area contributed by atoms with Gasteiger partial charge in [-0.15, -0.1) is 0 Å². The van der Waals surface area contributed by atoms with E-state index in [1.807, 2.05) is 24.3 Å². The Kier molecular flexibility index (Phi) is 6.60. The summed E-state index contributed by atoms with van der Waals surface area (Å²) < 4.78 is 5.58. The molecule has 0 saturated heterocycles. The van der Waals surface area contributed by atoms with Crippen LogP contribution in [-0.2, 0) is 9.53 Å². The number of carbonyl (C=O) groups excluding carboxylic acids is 2. The summed E-state index contributed by atoms with van der Waals surface area (Å²) in [6.45, 7) is 5.09. The zero-order valence-corrected chi connectivity index (χ0v) is 19.9. The van der Waals surface area contributed by atoms with Crippen LogP contribution < -0.4 is 5.32 Å². The zero-order chi connectivity index (χ0) is 25.2. The lowest BCUT2D eigenvalue weighted by Crippen LogP contribution is -2.52. The van der Waals surface area contributed by atoms with Crippen molar-refractivity contribution in [3.8, 4) is 11.1 Å². The minimum atomic E-state index is -1.37. The van der Waals surface area contributed by atoms with E-state index in [0.717, 1.165) is 22.3 Å². The van der Waals surface area contributed by atoms with Crippen molar-refractivity contribution in [3.63, 3.8) is 0 Å². The standard InChI is InChI=1S/C28H28N2O5/c1-4-30(28(2,3)26(32)33)25(31)18-10-9-11-19(16-18)29-27(34)35-17-24-22-14-7-5-12-20(22)21-13-6-8-15-23(21)24/h5-16,24H,4,17H2,1-3H3,(H,29,34)(H,32,33). The number of nitrogens with zero attached hydrogens (tertiary/aromatic N) is 1. The lowest BCUT2D eigenvalue weighted by Gasteiger charge is -2.34. The summed E-state index contributed by atoms with van der Waals surface area (Å²) in [5.74, 6) is -1.59. The highest BCUT2D eigenvalue weighted by molar-refractivity contribution is 5.99. The number of anilines is 1. The predicted molar refractivity (Wildman–Crippen MR) is 134 cm³/mol. The molecule has 0 atom stereocenters. The third-order valence-electron chi connectivity index (χ3n) is 6.46. The van der Waals surface area contributed by atoms with Gasteiger partial charge in [-0.1, -0.05) is 54.6 Å². The van der Waals surface area contributed by atoms with Crippen molar-refractivity contribution in [2.75, 3.05) is 18.5 Å². The molecular formula is C28H28N2O5. The van der Waals surface area contributed by atoms with Crippen LogP contribution in [0.2, 0.25) is 0 Å². The topological polar surface area (TPSA) is 95.9 Å². The summed E-state index contributed by atoms with van der Waals surface area (Å²) in [4.78, 5) is 38.5. The van der Waals surface area contributed by atoms with Crippen LogP contribution >= 0.6 is 0 Å². The average Bonchev–Trinajstić information content (AvgIpc) is 3.17. The second kappa shape index (κ2) is 9.62. The first-order valence-corrected chi connectivity index (χ1v) is 11.5. The third kappa shape index (κ3) is 4.62. The number of hydrogen-bond acceptors (Lipinski definition) is 4. The van der Waals surface area contributed by atoms with Gasteiger partial charge in [0, 0.05) is 23.7 Å². The van der Waals surface area contributed by atoms with Crippen molar-refractivity contribution in [1.82, 2.24) is 4.90 Å². The van der Waals surface area contributed by atoms with Crippen molar-refractivity contribution in [2.24, 2.45) is 0 Å². The van der Waals surface area contributed by atoms with Crippen LogP contribution in [0.5, 0.6) is 0 Å². The van der Waals surface area contributed by atoms with E-state index in [0.29, 0.717) is 5.69 Å². The van der Waals surface area contributed by atoms with E-state index in [1.165, 1.54) is 24.8 Å². The van der Waals surface area contributed by atoms with Gasteiger partial charge in [0.05, 0.1) is 0 Å². The number of aliphatic carboxylic acids is 1. The number of rotatable bonds is 7. The molecule has 35 heavy (non-hydrogen) atoms. The highest BCUT2D eigenvalue weighted by atomic mass is 16.5. The molecule has 0 spiro atoms. The smallest absolute Gasteiger partial charge is 0.411 e. The maximum absolute atomic E-state index is 13.0. The molecule has 7 nitrogen and oxygen atoms in total. The van der Waals surface area contributed by atoms with Gasteiger partial charge in [-0.3, -0.25) is 10.1 Å². The van der Waals surface area contributed by atoms with Crippen molar-refractivity contribution >= 4 is 23.7 Å². The second-order valence-electron chi connectivity index (χ2n) is 8.94. The van der Waals surface area contributed by atoms with Crippen LogP contribution in [0.1, 0.15) is 48.2 Å². The number of amides is 2. The molecule has 0 bridgehead atoms. The van der Waals surface area contributed by atoms with Gasteiger partial charge in [0.2, 0.25) is 0 Å². The van der Waals surface area contributed by atoms with Gasteiger partial charge in [-0.2, -0.15) is 0 Å². The molecule has 0 aromatic heterocycles. The van der Waals surface area contributed by atoms with Crippen LogP contribution in [-0.4, -0.2) is 46.7 Å². The molecule has 2 amide bonds. The molecule has 0 unspecified atom stereocenters. The van der Waals surface area contributed by atoms with E-state index in [9.17, 15) is 19.5 Å². The lowest BCUT2D eigenvalue weighted by atomic mass is 9.98. The minimum Gasteiger partial charge on any atom is -0.480 e. The summed E-state index contributed by atoms with van der Waals surface area (Å²) >= 11 is 0. The molecule has 0 radical (unpaired) electrons. The SMILES string of the molecule is CCN(C(=O)c1cccc(NC(=O)OCC2c3ccccc3-c3ccccc32)c1)C(C)(C)C(=O)O. The normalized spacial score (nSPS) is 12.4. The number of carbonyl (C=O) groups is 3. The summed E-state index contributed by atoms with van der Waals surface area (Å²) in [6, 6.07) is 22.6. The quantitative estimate of drug-likeness (QED) is 0.482. The Bertz CT molecular complexity index is 1240. The molecule has 3 aromatic rings. The largest absolute Gasteiger partial charge is 0.480 e. The Hall–Kier alpha value is -4.13. The van der Waals surface area contributed by atoms with Gasteiger partial charge in [0.15, 0.2) is 0 Å². The number of hydrogen-bond donors (Lipinski definition) is 2. The average molecular weight is 473 g/mol. The molecule has 7 heteroatoms. The highest BCUT2D eigenvalue weighted by Gasteiger charge is 2.37. The van der Waals surface area contributed by atoms with E-state index in [4.69, 9.17) is 4.74 Å². The van der Waals surface area contributed by atoms with E-state index in [1.54, 1.807) is 25.1 Å². The maximum atomic E-state index is 13.0. The number of fused-ring (bicyclic) bond motifs is 3. The van der Waals surface area contributed by atoms with Gasteiger partial charge in [-0.25, -0.2) is 9.59 Å². The molecule has 0 saturated carbocycles. The Morgan fingerprint density at radius 1 is 0.943 bits per heavy atom. The zero-order valence-electron chi connectivity index (χ0n) is 19.9. The lowest BCUT2D eigenvalue weighted by molar-refractivity contribution is -0.147. The van der Waals surface area contributed by atoms with Crippen LogP contribution in [0.3, 0.4) is 0 Å². The fourth-order valence-electron chi connectivity index (χ4n) is 4.55. The van der Waals surface area contributed by atoms with Gasteiger partial charge < -0.3 is 14.7 Å². The van der Waals surface area contributed by atoms with Crippen molar-refractivity contribution in [1.29, 1.82) is 0 Å². The van der Waals surface area contributed by atoms with Gasteiger partial charge in [0.25, 0.3) is 5.91 Å². The maximum Gasteiger partial charge on any atom is 0.411 e. The first-order valence-electron chi connectivity index (χ1n) is 11.5. The van der Waals surface area contributed by atoms with Gasteiger partial charge in [0.1, 0.15) is 12.1 Å². The first kappa shape index (κ1) is 24.0. The monoisotopic (exact) mass is 472 g/mol. The number of benzene rings is 3. The summed E-state index contributed by atoms with van der Waals surface area (Å²) in [6.07, 6.45) is -0.630. The predicted octanol–water partition coefficient (Wildman–Crippen LogP) is 5.37. The molecule has 0 aliphatic heterocycles. The van der Waals surface area contributed by atoms with E-state index >= 15 is 0 Å². The Balaban J connectivity index is 1.45. The summed E-state index contributed by atoms with van der Waals surface area (Å²) in [7, 11) is 0. The van der Waals surface area contributed by atoms with E-state index in [-0.39, 0.29) is 24.6 Å². The van der Waals surface area contributed by atoms with Crippen molar-refractivity contribution < 1.29 is 24.2 Å². The van der Waals surface area contributed by atoms with E-state index < -0.39 is 23.5 Å². The molecule has 4 rings (SSSR count). The van der Waals surface area contributed by atoms with Crippen LogP contribution in [0.25, 0.3) is 11.1 Å². The molecule has 2 N–H and O–H groups in total. The van der Waals surface area contributed by atoms with Crippen LogP contribution in [0.15, 0.2) is 72.8 Å². The molecule has 3 aromatic carbocycles. The third-order valence-corrected chi connectivity index (χ3v) is 6.46. The Morgan fingerprint density at radius 2 is 1.54 bits per heavy atom. The second-order valence-corrected chi connectivity index (χ2v) is 8.94. The summed E-state index contributed by atoms with van der Waals surface area (Å²) in [5.41, 5.74) is 3.82.